The predicted octanol–water partition coefficient (Wildman–Crippen LogP) is 3.68. The Bertz CT molecular complexity index is 248. The van der Waals surface area contributed by atoms with Crippen molar-refractivity contribution in [3.63, 3.8) is 0 Å². The van der Waals surface area contributed by atoms with Gasteiger partial charge >= 0.3 is 8.56 Å². The minimum absolute atomic E-state index is 0.408. The van der Waals surface area contributed by atoms with Crippen molar-refractivity contribution in [2.24, 2.45) is 0 Å². The van der Waals surface area contributed by atoms with Gasteiger partial charge in [-0.25, -0.2) is 0 Å². The molecule has 0 bridgehead atoms. The molecule has 0 heterocycles. The molecule has 0 N–H and O–H groups in total. The van der Waals surface area contributed by atoms with E-state index >= 15 is 0 Å². The molecule has 0 aliphatic heterocycles. The third-order valence-corrected chi connectivity index (χ3v) is 13.6. The molecule has 3 nitrogen and oxygen atoms in total. The Morgan fingerprint density at radius 3 is 1.78 bits per heavy atom. The van der Waals surface area contributed by atoms with E-state index in [4.69, 9.17) is 8.85 Å². The van der Waals surface area contributed by atoms with E-state index in [0.29, 0.717) is 5.04 Å². The first-order valence-electron chi connectivity index (χ1n) is 6.82. The molecule has 0 aromatic carbocycles. The lowest BCUT2D eigenvalue weighted by Gasteiger charge is -2.44. The summed E-state index contributed by atoms with van der Waals surface area (Å²) in [6.45, 7) is 15.3. The average Bonchev–Trinajstić information content (AvgIpc) is 2.27. The van der Waals surface area contributed by atoms with E-state index in [-0.39, 0.29) is 0 Å². The molecule has 0 saturated carbocycles. The summed E-state index contributed by atoms with van der Waals surface area (Å²) < 4.78 is 13.7. The van der Waals surface area contributed by atoms with Crippen LogP contribution in [0.25, 0.3) is 0 Å². The molecule has 0 saturated heterocycles. The third-order valence-electron chi connectivity index (χ3n) is 4.78. The van der Waals surface area contributed by atoms with Crippen LogP contribution in [0.1, 0.15) is 27.2 Å². The molecular formula is C13H33NO2Si2. The second-order valence-corrected chi connectivity index (χ2v) is 15.8. The summed E-state index contributed by atoms with van der Waals surface area (Å²) >= 11 is 0. The molecule has 0 rings (SSSR count). The summed E-state index contributed by atoms with van der Waals surface area (Å²) in [5.41, 5.74) is 0. The maximum atomic E-state index is 5.53. The van der Waals surface area contributed by atoms with Crippen molar-refractivity contribution in [2.75, 3.05) is 27.8 Å². The fourth-order valence-electron chi connectivity index (χ4n) is 1.78. The second kappa shape index (κ2) is 6.65. The van der Waals surface area contributed by atoms with Gasteiger partial charge in [-0.05, 0) is 37.6 Å². The van der Waals surface area contributed by atoms with Crippen molar-refractivity contribution < 1.29 is 8.85 Å². The zero-order chi connectivity index (χ0) is 14.6. The SMILES string of the molecule is CO[Si](C)(CCCN(C)[Si](C)(C)C(C)(C)C)OC. The van der Waals surface area contributed by atoms with Crippen LogP contribution in [0.5, 0.6) is 0 Å². The number of hydrogen-bond acceptors (Lipinski definition) is 3. The molecule has 5 heteroatoms. The first kappa shape index (κ1) is 18.3. The Morgan fingerprint density at radius 1 is 1.00 bits per heavy atom. The summed E-state index contributed by atoms with van der Waals surface area (Å²) in [7, 11) is 2.58. The quantitative estimate of drug-likeness (QED) is 0.668. The Balaban J connectivity index is 4.32. The lowest BCUT2D eigenvalue weighted by Crippen LogP contribution is -2.53. The van der Waals surface area contributed by atoms with Gasteiger partial charge in [0.1, 0.15) is 8.24 Å². The number of hydrogen-bond donors (Lipinski definition) is 0. The van der Waals surface area contributed by atoms with Crippen LogP contribution in [0.2, 0.25) is 30.7 Å². The van der Waals surface area contributed by atoms with E-state index in [2.05, 4.69) is 52.0 Å². The zero-order valence-electron chi connectivity index (χ0n) is 13.9. The van der Waals surface area contributed by atoms with E-state index in [0.717, 1.165) is 19.0 Å². The van der Waals surface area contributed by atoms with Crippen LogP contribution < -0.4 is 0 Å². The van der Waals surface area contributed by atoms with Gasteiger partial charge < -0.3 is 13.4 Å². The second-order valence-electron chi connectivity index (χ2n) is 6.88. The maximum Gasteiger partial charge on any atom is 0.334 e. The molecule has 0 spiro atoms. The van der Waals surface area contributed by atoms with Crippen molar-refractivity contribution in [2.45, 2.75) is 57.9 Å². The van der Waals surface area contributed by atoms with Gasteiger partial charge in [0.25, 0.3) is 0 Å². The average molecular weight is 292 g/mol. The molecule has 0 aromatic rings. The summed E-state index contributed by atoms with van der Waals surface area (Å²) in [4.78, 5) is 0. The minimum Gasteiger partial charge on any atom is -0.398 e. The van der Waals surface area contributed by atoms with Gasteiger partial charge in [-0.15, -0.1) is 0 Å². The van der Waals surface area contributed by atoms with Gasteiger partial charge in [0.2, 0.25) is 0 Å². The van der Waals surface area contributed by atoms with Crippen LogP contribution in [0, 0.1) is 0 Å². The normalized spacial score (nSPS) is 14.3. The Morgan fingerprint density at radius 2 is 1.44 bits per heavy atom. The molecule has 0 aromatic heterocycles. The van der Waals surface area contributed by atoms with Crippen LogP contribution in [-0.2, 0) is 8.85 Å². The van der Waals surface area contributed by atoms with Crippen molar-refractivity contribution in [3.8, 4) is 0 Å². The zero-order valence-corrected chi connectivity index (χ0v) is 15.9. The highest BCUT2D eigenvalue weighted by atomic mass is 28.4. The van der Waals surface area contributed by atoms with Gasteiger partial charge in [-0.3, -0.25) is 0 Å². The van der Waals surface area contributed by atoms with Gasteiger partial charge in [-0.2, -0.15) is 0 Å². The van der Waals surface area contributed by atoms with Crippen molar-refractivity contribution in [3.05, 3.63) is 0 Å². The molecule has 110 valence electrons. The van der Waals surface area contributed by atoms with Crippen LogP contribution in [0.4, 0.5) is 0 Å². The smallest absolute Gasteiger partial charge is 0.334 e. The van der Waals surface area contributed by atoms with Crippen molar-refractivity contribution in [1.29, 1.82) is 0 Å². The molecule has 0 amide bonds. The molecular weight excluding hydrogens is 258 g/mol. The standard InChI is InChI=1S/C13H33NO2Si2/c1-13(2,3)17(7,8)14(4)11-10-12-18(9,15-5)16-6/h10-12H2,1-9H3. The third kappa shape index (κ3) is 4.77. The molecule has 0 aliphatic carbocycles. The van der Waals surface area contributed by atoms with Crippen LogP contribution in [0.15, 0.2) is 0 Å². The van der Waals surface area contributed by atoms with Crippen molar-refractivity contribution in [1.82, 2.24) is 4.57 Å². The summed E-state index contributed by atoms with van der Waals surface area (Å²) in [6.07, 6.45) is 1.16. The highest BCUT2D eigenvalue weighted by molar-refractivity contribution is 6.77. The van der Waals surface area contributed by atoms with Crippen molar-refractivity contribution >= 4 is 16.8 Å². The summed E-state index contributed by atoms with van der Waals surface area (Å²) in [6, 6.07) is 1.07. The highest BCUT2D eigenvalue weighted by Crippen LogP contribution is 2.37. The van der Waals surface area contributed by atoms with Crippen LogP contribution in [0.3, 0.4) is 0 Å². The number of rotatable bonds is 7. The Labute approximate surface area is 116 Å². The van der Waals surface area contributed by atoms with E-state index in [1.54, 1.807) is 14.2 Å². The van der Waals surface area contributed by atoms with Gasteiger partial charge in [-0.1, -0.05) is 33.9 Å². The molecule has 0 aliphatic rings. The highest BCUT2D eigenvalue weighted by Gasteiger charge is 2.39. The van der Waals surface area contributed by atoms with E-state index in [9.17, 15) is 0 Å². The first-order valence-corrected chi connectivity index (χ1v) is 12.3. The van der Waals surface area contributed by atoms with Gasteiger partial charge in [0.05, 0.1) is 0 Å². The maximum absolute atomic E-state index is 5.53. The molecule has 0 unspecified atom stereocenters. The topological polar surface area (TPSA) is 21.7 Å². The summed E-state index contributed by atoms with van der Waals surface area (Å²) in [5, 5.41) is 0.408. The molecule has 18 heavy (non-hydrogen) atoms. The summed E-state index contributed by atoms with van der Waals surface area (Å²) in [5.74, 6) is 0. The Hall–Kier alpha value is 0.314. The fourth-order valence-corrected chi connectivity index (χ4v) is 5.01. The lowest BCUT2D eigenvalue weighted by molar-refractivity contribution is 0.247. The molecule has 0 fully saturated rings. The lowest BCUT2D eigenvalue weighted by atomic mass is 10.2. The van der Waals surface area contributed by atoms with E-state index in [1.165, 1.54) is 0 Å². The van der Waals surface area contributed by atoms with E-state index < -0.39 is 16.8 Å². The Kier molecular flexibility index (Phi) is 6.77. The predicted molar refractivity (Wildman–Crippen MR) is 84.9 cm³/mol. The van der Waals surface area contributed by atoms with E-state index in [1.807, 2.05) is 0 Å². The number of nitrogens with zero attached hydrogens (tertiary/aromatic N) is 1. The van der Waals surface area contributed by atoms with Crippen LogP contribution >= 0.6 is 0 Å². The molecule has 0 atom stereocenters. The van der Waals surface area contributed by atoms with Crippen LogP contribution in [-0.4, -0.2) is 49.2 Å². The van der Waals surface area contributed by atoms with Gasteiger partial charge in [0.15, 0.2) is 0 Å². The van der Waals surface area contributed by atoms with Gasteiger partial charge in [0, 0.05) is 14.2 Å². The largest absolute Gasteiger partial charge is 0.398 e. The fraction of sp³-hybridized carbons (Fsp3) is 1.00. The monoisotopic (exact) mass is 291 g/mol. The minimum atomic E-state index is -1.88. The first-order chi connectivity index (χ1) is 8.00. The molecule has 0 radical (unpaired) electrons.